The number of carbonyl (C=O) groups is 2. The van der Waals surface area contributed by atoms with Crippen molar-refractivity contribution in [3.63, 3.8) is 0 Å². The minimum atomic E-state index is -0.368. The number of amides is 2. The van der Waals surface area contributed by atoms with Crippen molar-refractivity contribution in [1.82, 2.24) is 16.0 Å². The Hall–Kier alpha value is -1.10. The average Bonchev–Trinajstić information content (AvgIpc) is 2.33. The Morgan fingerprint density at radius 1 is 0.947 bits per heavy atom. The predicted octanol–water partition coefficient (Wildman–Crippen LogP) is 1.04. The Labute approximate surface area is 116 Å². The van der Waals surface area contributed by atoms with E-state index in [9.17, 15) is 9.59 Å². The fourth-order valence-electron chi connectivity index (χ4n) is 1.40. The van der Waals surface area contributed by atoms with Crippen molar-refractivity contribution in [3.05, 3.63) is 0 Å². The summed E-state index contributed by atoms with van der Waals surface area (Å²) in [5.41, 5.74) is -0.368. The Morgan fingerprint density at radius 2 is 1.63 bits per heavy atom. The van der Waals surface area contributed by atoms with E-state index in [4.69, 9.17) is 0 Å². The quantitative estimate of drug-likeness (QED) is 0.549. The molecule has 0 aliphatic carbocycles. The molecule has 0 aromatic rings. The third-order valence-corrected chi connectivity index (χ3v) is 2.60. The summed E-state index contributed by atoms with van der Waals surface area (Å²) in [5.74, 6) is 0.0694. The van der Waals surface area contributed by atoms with Gasteiger partial charge in [0.05, 0.1) is 0 Å². The Kier molecular flexibility index (Phi) is 9.21. The fourth-order valence-corrected chi connectivity index (χ4v) is 1.40. The summed E-state index contributed by atoms with van der Waals surface area (Å²) in [7, 11) is 0. The van der Waals surface area contributed by atoms with E-state index in [1.165, 1.54) is 0 Å². The van der Waals surface area contributed by atoms with E-state index in [1.54, 1.807) is 0 Å². The van der Waals surface area contributed by atoms with Crippen LogP contribution in [-0.2, 0) is 9.59 Å². The van der Waals surface area contributed by atoms with Gasteiger partial charge >= 0.3 is 0 Å². The van der Waals surface area contributed by atoms with Crippen LogP contribution in [0.25, 0.3) is 0 Å². The first-order chi connectivity index (χ1) is 8.88. The largest absolute Gasteiger partial charge is 0.356 e. The second kappa shape index (κ2) is 9.78. The van der Waals surface area contributed by atoms with Crippen LogP contribution in [0.15, 0.2) is 0 Å². The lowest BCUT2D eigenvalue weighted by Crippen LogP contribution is -2.36. The molecule has 0 rings (SSSR count). The Morgan fingerprint density at radius 3 is 2.21 bits per heavy atom. The highest BCUT2D eigenvalue weighted by molar-refractivity contribution is 5.81. The first-order valence-corrected chi connectivity index (χ1v) is 7.13. The van der Waals surface area contributed by atoms with Gasteiger partial charge in [-0.15, -0.1) is 0 Å². The van der Waals surface area contributed by atoms with E-state index < -0.39 is 0 Å². The van der Waals surface area contributed by atoms with Gasteiger partial charge in [-0.2, -0.15) is 0 Å². The molecule has 0 aromatic carbocycles. The van der Waals surface area contributed by atoms with Gasteiger partial charge in [-0.3, -0.25) is 9.59 Å². The zero-order chi connectivity index (χ0) is 14.7. The molecule has 5 nitrogen and oxygen atoms in total. The Balaban J connectivity index is 3.46. The van der Waals surface area contributed by atoms with Crippen LogP contribution < -0.4 is 16.0 Å². The van der Waals surface area contributed by atoms with E-state index >= 15 is 0 Å². The molecule has 0 heterocycles. The topological polar surface area (TPSA) is 70.2 Å². The molecule has 3 N–H and O–H groups in total. The molecule has 0 bridgehead atoms. The monoisotopic (exact) mass is 271 g/mol. The molecular formula is C14H29N3O2. The number of hydrogen-bond donors (Lipinski definition) is 3. The summed E-state index contributed by atoms with van der Waals surface area (Å²) < 4.78 is 0. The van der Waals surface area contributed by atoms with E-state index in [0.29, 0.717) is 25.9 Å². The number of carbonyl (C=O) groups excluding carboxylic acids is 2. The van der Waals surface area contributed by atoms with Crippen LogP contribution in [0.5, 0.6) is 0 Å². The molecule has 5 heteroatoms. The van der Waals surface area contributed by atoms with Crippen molar-refractivity contribution in [2.75, 3.05) is 26.2 Å². The minimum Gasteiger partial charge on any atom is -0.356 e. The third-order valence-electron chi connectivity index (χ3n) is 2.60. The molecule has 2 amide bonds. The molecule has 0 saturated heterocycles. The molecule has 0 saturated carbocycles. The van der Waals surface area contributed by atoms with E-state index in [2.05, 4.69) is 22.9 Å². The maximum absolute atomic E-state index is 11.6. The lowest BCUT2D eigenvalue weighted by Gasteiger charge is -2.17. The highest BCUT2D eigenvalue weighted by Crippen LogP contribution is 2.12. The summed E-state index contributed by atoms with van der Waals surface area (Å²) in [4.78, 5) is 23.0. The average molecular weight is 271 g/mol. The van der Waals surface area contributed by atoms with Crippen LogP contribution in [0.2, 0.25) is 0 Å². The second-order valence-corrected chi connectivity index (χ2v) is 5.71. The summed E-state index contributed by atoms with van der Waals surface area (Å²) in [6, 6.07) is 0. The zero-order valence-corrected chi connectivity index (χ0v) is 12.8. The third kappa shape index (κ3) is 10.5. The first-order valence-electron chi connectivity index (χ1n) is 7.13. The van der Waals surface area contributed by atoms with E-state index in [-0.39, 0.29) is 17.2 Å². The van der Waals surface area contributed by atoms with Crippen LogP contribution in [0.1, 0.15) is 47.0 Å². The minimum absolute atomic E-state index is 0.0247. The number of rotatable bonds is 9. The van der Waals surface area contributed by atoms with Crippen molar-refractivity contribution in [3.8, 4) is 0 Å². The summed E-state index contributed by atoms with van der Waals surface area (Å²) in [6.45, 7) is 10.7. The maximum atomic E-state index is 11.6. The van der Waals surface area contributed by atoms with Crippen molar-refractivity contribution in [2.45, 2.75) is 47.0 Å². The Bertz CT molecular complexity index is 272. The number of hydrogen-bond acceptors (Lipinski definition) is 3. The van der Waals surface area contributed by atoms with Crippen molar-refractivity contribution in [1.29, 1.82) is 0 Å². The van der Waals surface area contributed by atoms with Crippen molar-refractivity contribution >= 4 is 11.8 Å². The van der Waals surface area contributed by atoms with Gasteiger partial charge in [0.15, 0.2) is 0 Å². The second-order valence-electron chi connectivity index (χ2n) is 5.71. The van der Waals surface area contributed by atoms with Gasteiger partial charge in [0, 0.05) is 31.5 Å². The number of nitrogens with one attached hydrogen (secondary N) is 3. The summed E-state index contributed by atoms with van der Waals surface area (Å²) >= 11 is 0. The van der Waals surface area contributed by atoms with Crippen LogP contribution >= 0.6 is 0 Å². The van der Waals surface area contributed by atoms with E-state index in [0.717, 1.165) is 19.5 Å². The molecule has 0 aliphatic rings. The predicted molar refractivity (Wildman–Crippen MR) is 77.9 cm³/mol. The fraction of sp³-hybridized carbons (Fsp3) is 0.857. The molecule has 0 spiro atoms. The van der Waals surface area contributed by atoms with Gasteiger partial charge in [0.1, 0.15) is 0 Å². The highest BCUT2D eigenvalue weighted by Gasteiger charge is 2.20. The van der Waals surface area contributed by atoms with Gasteiger partial charge in [-0.25, -0.2) is 0 Å². The highest BCUT2D eigenvalue weighted by atomic mass is 16.2. The normalized spacial score (nSPS) is 11.2. The van der Waals surface area contributed by atoms with Gasteiger partial charge in [-0.1, -0.05) is 27.7 Å². The van der Waals surface area contributed by atoms with Gasteiger partial charge in [0.2, 0.25) is 11.8 Å². The molecule has 19 heavy (non-hydrogen) atoms. The molecule has 0 unspecified atom stereocenters. The summed E-state index contributed by atoms with van der Waals surface area (Å²) in [5, 5.41) is 8.89. The molecule has 0 atom stereocenters. The molecule has 112 valence electrons. The molecule has 0 fully saturated rings. The first kappa shape index (κ1) is 17.9. The molecule has 0 aliphatic heterocycles. The van der Waals surface area contributed by atoms with Gasteiger partial charge < -0.3 is 16.0 Å². The van der Waals surface area contributed by atoms with Crippen molar-refractivity contribution < 1.29 is 9.59 Å². The lowest BCUT2D eigenvalue weighted by atomic mass is 9.96. The smallest absolute Gasteiger partial charge is 0.225 e. The standard InChI is InChI=1S/C14H29N3O2/c1-5-8-15-10-11-16-12(18)7-6-9-17-13(19)14(2,3)4/h15H,5-11H2,1-4H3,(H,16,18)(H,17,19). The van der Waals surface area contributed by atoms with Crippen molar-refractivity contribution in [2.24, 2.45) is 5.41 Å². The maximum Gasteiger partial charge on any atom is 0.225 e. The van der Waals surface area contributed by atoms with Gasteiger partial charge in [0.25, 0.3) is 0 Å². The zero-order valence-electron chi connectivity index (χ0n) is 12.8. The summed E-state index contributed by atoms with van der Waals surface area (Å²) in [6.07, 6.45) is 2.23. The van der Waals surface area contributed by atoms with Crippen LogP contribution in [0.3, 0.4) is 0 Å². The van der Waals surface area contributed by atoms with Crippen LogP contribution in [0, 0.1) is 5.41 Å². The van der Waals surface area contributed by atoms with E-state index in [1.807, 2.05) is 20.8 Å². The van der Waals surface area contributed by atoms with Crippen LogP contribution in [-0.4, -0.2) is 38.0 Å². The lowest BCUT2D eigenvalue weighted by molar-refractivity contribution is -0.128. The van der Waals surface area contributed by atoms with Gasteiger partial charge in [-0.05, 0) is 19.4 Å². The SMILES string of the molecule is CCCNCCNC(=O)CCCNC(=O)C(C)(C)C. The van der Waals surface area contributed by atoms with Crippen LogP contribution in [0.4, 0.5) is 0 Å². The molecule has 0 radical (unpaired) electrons. The molecule has 0 aromatic heterocycles. The molecular weight excluding hydrogens is 242 g/mol.